The minimum absolute atomic E-state index is 0. The first-order valence-electron chi connectivity index (χ1n) is 8.27. The zero-order valence-corrected chi connectivity index (χ0v) is 17.3. The number of benzene rings is 2. The van der Waals surface area contributed by atoms with Crippen LogP contribution in [-0.4, -0.2) is 31.6 Å². The van der Waals surface area contributed by atoms with Gasteiger partial charge in [-0.1, -0.05) is 24.3 Å². The number of carbonyl (C=O) groups excluding carboxylic acids is 1. The molecule has 7 nitrogen and oxygen atoms in total. The molecule has 0 unspecified atom stereocenters. The van der Waals surface area contributed by atoms with Gasteiger partial charge in [-0.15, -0.1) is 37.1 Å². The lowest BCUT2D eigenvalue weighted by Crippen LogP contribution is -2.24. The number of carbonyl (C=O) groups is 1. The van der Waals surface area contributed by atoms with Crippen molar-refractivity contribution in [2.75, 3.05) is 23.4 Å². The molecule has 0 spiro atoms. The minimum atomic E-state index is -4.81. The van der Waals surface area contributed by atoms with Gasteiger partial charge in [-0.2, -0.15) is 0 Å². The molecular weight excluding hydrogens is 504 g/mol. The second-order valence-electron chi connectivity index (χ2n) is 5.80. The average Bonchev–Trinajstić information content (AvgIpc) is 3.07. The molecule has 0 saturated carbocycles. The fraction of sp³-hybridized carbons (Fsp3) is 0.222. The molecule has 0 bridgehead atoms. The van der Waals surface area contributed by atoms with Gasteiger partial charge in [0.25, 0.3) is 0 Å². The number of rotatable bonds is 5. The number of hydrogen-bond donors (Lipinski definition) is 2. The summed E-state index contributed by atoms with van der Waals surface area (Å²) in [6, 6.07) is 12.6. The zero-order valence-electron chi connectivity index (χ0n) is 15.0. The number of alkyl halides is 3. The molecule has 0 aromatic heterocycles. The van der Waals surface area contributed by atoms with Gasteiger partial charge in [0, 0.05) is 5.69 Å². The first-order chi connectivity index (χ1) is 13.3. The minimum Gasteiger partial charge on any atom is -0.447 e. The molecule has 1 fully saturated rings. The van der Waals surface area contributed by atoms with Crippen LogP contribution in [0.25, 0.3) is 0 Å². The zero-order chi connectivity index (χ0) is 20.1. The molecule has 2 aromatic rings. The Morgan fingerprint density at radius 1 is 1.21 bits per heavy atom. The third kappa shape index (κ3) is 6.41. The number of nitrogens with one attached hydrogen (secondary N) is 1. The Hall–Kier alpha value is -2.70. The van der Waals surface area contributed by atoms with Gasteiger partial charge in [0.1, 0.15) is 6.61 Å². The van der Waals surface area contributed by atoms with Crippen molar-refractivity contribution in [3.63, 3.8) is 0 Å². The lowest BCUT2D eigenvalue weighted by molar-refractivity contribution is -0.274. The molecule has 1 saturated heterocycles. The van der Waals surface area contributed by atoms with E-state index < -0.39 is 12.1 Å². The number of ether oxygens (including phenoxy) is 2. The lowest BCUT2D eigenvalue weighted by Gasteiger charge is -2.14. The van der Waals surface area contributed by atoms with Gasteiger partial charge in [-0.25, -0.2) is 9.79 Å². The van der Waals surface area contributed by atoms with Gasteiger partial charge < -0.3 is 20.5 Å². The Morgan fingerprint density at radius 2 is 1.90 bits per heavy atom. The van der Waals surface area contributed by atoms with E-state index in [0.717, 1.165) is 5.56 Å². The first kappa shape index (κ1) is 22.6. The Labute approximate surface area is 181 Å². The van der Waals surface area contributed by atoms with Crippen LogP contribution in [0.1, 0.15) is 5.56 Å². The molecule has 2 aromatic carbocycles. The second-order valence-corrected chi connectivity index (χ2v) is 5.80. The Morgan fingerprint density at radius 3 is 2.52 bits per heavy atom. The number of para-hydroxylation sites is 2. The van der Waals surface area contributed by atoms with Gasteiger partial charge in [0.15, 0.2) is 11.7 Å². The van der Waals surface area contributed by atoms with Gasteiger partial charge in [-0.3, -0.25) is 4.90 Å². The summed E-state index contributed by atoms with van der Waals surface area (Å²) in [6.45, 7) is 1.05. The SMILES string of the molecule is I.NC(=NCc1ccc(N2CCOC2=O)cc1)Nc1ccccc1OC(F)(F)F. The molecule has 11 heteroatoms. The maximum atomic E-state index is 12.5. The van der Waals surface area contributed by atoms with Crippen LogP contribution in [0.5, 0.6) is 5.75 Å². The van der Waals surface area contributed by atoms with E-state index >= 15 is 0 Å². The molecule has 1 aliphatic heterocycles. The van der Waals surface area contributed by atoms with Crippen molar-refractivity contribution < 1.29 is 27.4 Å². The average molecular weight is 522 g/mol. The number of anilines is 2. The maximum absolute atomic E-state index is 12.5. The quantitative estimate of drug-likeness (QED) is 0.351. The van der Waals surface area contributed by atoms with Crippen LogP contribution in [0.3, 0.4) is 0 Å². The normalized spacial score (nSPS) is 14.2. The molecule has 0 atom stereocenters. The van der Waals surface area contributed by atoms with E-state index in [9.17, 15) is 18.0 Å². The molecule has 3 rings (SSSR count). The predicted octanol–water partition coefficient (Wildman–Crippen LogP) is 4.09. The van der Waals surface area contributed by atoms with Crippen LogP contribution in [0.4, 0.5) is 29.3 Å². The highest BCUT2D eigenvalue weighted by atomic mass is 127. The van der Waals surface area contributed by atoms with Crippen molar-refractivity contribution in [1.29, 1.82) is 0 Å². The summed E-state index contributed by atoms with van der Waals surface area (Å²) in [5, 5.41) is 2.60. The number of nitrogens with zero attached hydrogens (tertiary/aromatic N) is 2. The Bertz CT molecular complexity index is 875. The molecular formula is C18H18F3IN4O3. The van der Waals surface area contributed by atoms with Crippen LogP contribution in [-0.2, 0) is 11.3 Å². The monoisotopic (exact) mass is 522 g/mol. The Balaban J connectivity index is 0.00000300. The van der Waals surface area contributed by atoms with E-state index in [1.807, 2.05) is 0 Å². The maximum Gasteiger partial charge on any atom is 0.573 e. The highest BCUT2D eigenvalue weighted by molar-refractivity contribution is 14.0. The number of guanidine groups is 1. The highest BCUT2D eigenvalue weighted by Gasteiger charge is 2.32. The van der Waals surface area contributed by atoms with Gasteiger partial charge >= 0.3 is 12.5 Å². The lowest BCUT2D eigenvalue weighted by atomic mass is 10.2. The smallest absolute Gasteiger partial charge is 0.447 e. The van der Waals surface area contributed by atoms with E-state index in [0.29, 0.717) is 18.8 Å². The van der Waals surface area contributed by atoms with E-state index in [4.69, 9.17) is 10.5 Å². The summed E-state index contributed by atoms with van der Waals surface area (Å²) < 4.78 is 46.2. The second kappa shape index (κ2) is 9.67. The fourth-order valence-corrected chi connectivity index (χ4v) is 2.55. The number of hydrogen-bond acceptors (Lipinski definition) is 4. The molecule has 3 N–H and O–H groups in total. The largest absolute Gasteiger partial charge is 0.573 e. The summed E-state index contributed by atoms with van der Waals surface area (Å²) >= 11 is 0. The van der Waals surface area contributed by atoms with E-state index in [-0.39, 0.29) is 48.3 Å². The van der Waals surface area contributed by atoms with E-state index in [1.54, 1.807) is 30.3 Å². The van der Waals surface area contributed by atoms with Crippen LogP contribution >= 0.6 is 24.0 Å². The number of amides is 1. The van der Waals surface area contributed by atoms with Crippen LogP contribution in [0.2, 0.25) is 0 Å². The van der Waals surface area contributed by atoms with Crippen molar-refractivity contribution >= 4 is 47.4 Å². The Kier molecular flexibility index (Phi) is 7.53. The third-order valence-electron chi connectivity index (χ3n) is 3.82. The molecule has 1 aliphatic rings. The molecule has 0 radical (unpaired) electrons. The molecule has 156 valence electrons. The van der Waals surface area contributed by atoms with Gasteiger partial charge in [0.2, 0.25) is 0 Å². The van der Waals surface area contributed by atoms with E-state index in [1.165, 1.54) is 23.1 Å². The fourth-order valence-electron chi connectivity index (χ4n) is 2.55. The molecule has 0 aliphatic carbocycles. The number of halogens is 4. The summed E-state index contributed by atoms with van der Waals surface area (Å²) in [6.07, 6.45) is -5.20. The number of nitrogens with two attached hydrogens (primary N) is 1. The topological polar surface area (TPSA) is 89.2 Å². The third-order valence-corrected chi connectivity index (χ3v) is 3.82. The summed E-state index contributed by atoms with van der Waals surface area (Å²) in [7, 11) is 0. The van der Waals surface area contributed by atoms with E-state index in [2.05, 4.69) is 15.0 Å². The predicted molar refractivity (Wildman–Crippen MR) is 113 cm³/mol. The van der Waals surface area contributed by atoms with Gasteiger partial charge in [-0.05, 0) is 29.8 Å². The van der Waals surface area contributed by atoms with Gasteiger partial charge in [0.05, 0.1) is 18.8 Å². The van der Waals surface area contributed by atoms with Crippen molar-refractivity contribution in [2.45, 2.75) is 12.9 Å². The first-order valence-corrected chi connectivity index (χ1v) is 8.27. The van der Waals surface area contributed by atoms with Crippen LogP contribution < -0.4 is 20.7 Å². The molecule has 29 heavy (non-hydrogen) atoms. The van der Waals surface area contributed by atoms with Crippen LogP contribution in [0, 0.1) is 0 Å². The summed E-state index contributed by atoms with van der Waals surface area (Å²) in [5.74, 6) is -0.472. The summed E-state index contributed by atoms with van der Waals surface area (Å²) in [4.78, 5) is 17.2. The van der Waals surface area contributed by atoms with Crippen molar-refractivity contribution in [3.8, 4) is 5.75 Å². The van der Waals surface area contributed by atoms with Crippen LogP contribution in [0.15, 0.2) is 53.5 Å². The number of cyclic esters (lactones) is 1. The highest BCUT2D eigenvalue weighted by Crippen LogP contribution is 2.29. The standard InChI is InChI=1S/C18H17F3N4O3.HI/c19-18(20,21)28-15-4-2-1-3-14(15)24-16(22)23-11-12-5-7-13(8-6-12)25-9-10-27-17(25)26;/h1-8H,9-11H2,(H3,22,23,24);1H. The molecule has 1 amide bonds. The van der Waals surface area contributed by atoms with Crippen molar-refractivity contribution in [1.82, 2.24) is 0 Å². The van der Waals surface area contributed by atoms with Crippen molar-refractivity contribution in [3.05, 3.63) is 54.1 Å². The number of aliphatic imine (C=N–C) groups is 1. The summed E-state index contributed by atoms with van der Waals surface area (Å²) in [5.41, 5.74) is 7.33. The molecule has 1 heterocycles. The van der Waals surface area contributed by atoms with Crippen molar-refractivity contribution in [2.24, 2.45) is 10.7 Å².